The fraction of sp³-hybridized carbons (Fsp3) is 0.250. The van der Waals surface area contributed by atoms with Gasteiger partial charge in [-0.25, -0.2) is 8.78 Å². The maximum atomic E-state index is 13.6. The van der Waals surface area contributed by atoms with Crippen molar-refractivity contribution in [1.29, 1.82) is 0 Å². The Morgan fingerprint density at radius 3 is 2.68 bits per heavy atom. The molecule has 0 bridgehead atoms. The summed E-state index contributed by atoms with van der Waals surface area (Å²) in [5, 5.41) is -0.203. The van der Waals surface area contributed by atoms with Crippen LogP contribution in [0.5, 0.6) is 0 Å². The molecule has 19 heavy (non-hydrogen) atoms. The number of hydrogen-bond donors (Lipinski definition) is 0. The van der Waals surface area contributed by atoms with Gasteiger partial charge in [-0.05, 0) is 35.6 Å². The molecule has 3 heteroatoms. The van der Waals surface area contributed by atoms with Gasteiger partial charge in [-0.3, -0.25) is 0 Å². The third kappa shape index (κ3) is 2.25. The highest BCUT2D eigenvalue weighted by molar-refractivity contribution is 6.21. The molecule has 0 radical (unpaired) electrons. The van der Waals surface area contributed by atoms with Gasteiger partial charge in [-0.1, -0.05) is 36.4 Å². The van der Waals surface area contributed by atoms with Gasteiger partial charge in [0.2, 0.25) is 0 Å². The monoisotopic (exact) mass is 278 g/mol. The first-order valence-corrected chi connectivity index (χ1v) is 6.75. The lowest BCUT2D eigenvalue weighted by Crippen LogP contribution is -2.27. The molecule has 98 valence electrons. The summed E-state index contributed by atoms with van der Waals surface area (Å²) in [4.78, 5) is 0. The van der Waals surface area contributed by atoms with Crippen LogP contribution in [-0.2, 0) is 12.8 Å². The zero-order valence-corrected chi connectivity index (χ0v) is 11.0. The summed E-state index contributed by atoms with van der Waals surface area (Å²) >= 11 is 6.38. The van der Waals surface area contributed by atoms with Crippen LogP contribution in [0.1, 0.15) is 22.6 Å². The Morgan fingerprint density at radius 2 is 1.89 bits per heavy atom. The van der Waals surface area contributed by atoms with Crippen LogP contribution in [-0.4, -0.2) is 5.38 Å². The first-order chi connectivity index (χ1) is 9.16. The van der Waals surface area contributed by atoms with E-state index in [1.807, 2.05) is 12.1 Å². The van der Waals surface area contributed by atoms with Crippen LogP contribution in [0.2, 0.25) is 0 Å². The maximum Gasteiger partial charge on any atom is 0.162 e. The Bertz CT molecular complexity index is 609. The minimum absolute atomic E-state index is 0.203. The van der Waals surface area contributed by atoms with Gasteiger partial charge in [0.15, 0.2) is 11.6 Å². The van der Waals surface area contributed by atoms with Gasteiger partial charge in [0.05, 0.1) is 0 Å². The highest BCUT2D eigenvalue weighted by Crippen LogP contribution is 2.40. The van der Waals surface area contributed by atoms with Gasteiger partial charge in [0.1, 0.15) is 0 Å². The van der Waals surface area contributed by atoms with Crippen molar-refractivity contribution < 1.29 is 8.78 Å². The third-order valence-electron chi connectivity index (χ3n) is 3.78. The summed E-state index contributed by atoms with van der Waals surface area (Å²) in [7, 11) is 0. The van der Waals surface area contributed by atoms with Crippen molar-refractivity contribution in [2.24, 2.45) is 0 Å². The topological polar surface area (TPSA) is 0 Å². The summed E-state index contributed by atoms with van der Waals surface area (Å²) in [6, 6.07) is 12.4. The van der Waals surface area contributed by atoms with Crippen LogP contribution >= 0.6 is 11.6 Å². The van der Waals surface area contributed by atoms with E-state index in [9.17, 15) is 8.78 Å². The van der Waals surface area contributed by atoms with Crippen molar-refractivity contribution in [2.45, 2.75) is 24.1 Å². The van der Waals surface area contributed by atoms with Crippen LogP contribution in [0.3, 0.4) is 0 Å². The predicted octanol–water partition coefficient (Wildman–Crippen LogP) is 4.45. The van der Waals surface area contributed by atoms with Crippen molar-refractivity contribution in [3.63, 3.8) is 0 Å². The minimum atomic E-state index is -0.810. The molecular weight excluding hydrogens is 266 g/mol. The molecule has 2 aromatic carbocycles. The summed E-state index contributed by atoms with van der Waals surface area (Å²) in [5.74, 6) is -1.35. The average Bonchev–Trinajstić information content (AvgIpc) is 2.36. The lowest BCUT2D eigenvalue weighted by atomic mass is 9.74. The van der Waals surface area contributed by atoms with E-state index >= 15 is 0 Å². The molecule has 2 atom stereocenters. The number of benzene rings is 2. The molecular formula is C16H13ClF2. The van der Waals surface area contributed by atoms with Gasteiger partial charge < -0.3 is 0 Å². The van der Waals surface area contributed by atoms with E-state index in [1.54, 1.807) is 6.07 Å². The van der Waals surface area contributed by atoms with Crippen molar-refractivity contribution in [1.82, 2.24) is 0 Å². The minimum Gasteiger partial charge on any atom is -0.204 e. The molecule has 0 spiro atoms. The fourth-order valence-corrected chi connectivity index (χ4v) is 3.07. The largest absolute Gasteiger partial charge is 0.204 e. The van der Waals surface area contributed by atoms with Crippen molar-refractivity contribution in [2.75, 3.05) is 0 Å². The number of rotatable bonds is 3. The standard InChI is InChI=1S/C16H13ClF2/c17-14(9-11-5-3-7-15(18)16(11)19)13-8-10-4-1-2-6-12(10)13/h1-7,13-14H,8-9H2. The number of fused-ring (bicyclic) bond motifs is 1. The van der Waals surface area contributed by atoms with E-state index in [1.165, 1.54) is 17.2 Å². The van der Waals surface area contributed by atoms with E-state index in [0.29, 0.717) is 12.0 Å². The maximum absolute atomic E-state index is 13.6. The highest BCUT2D eigenvalue weighted by Gasteiger charge is 2.32. The fourth-order valence-electron chi connectivity index (χ4n) is 2.68. The van der Waals surface area contributed by atoms with Crippen LogP contribution in [0.4, 0.5) is 8.78 Å². The molecule has 0 amide bonds. The molecule has 2 unspecified atom stereocenters. The highest BCUT2D eigenvalue weighted by atomic mass is 35.5. The Hall–Kier alpha value is -1.41. The van der Waals surface area contributed by atoms with Gasteiger partial charge in [-0.15, -0.1) is 11.6 Å². The number of alkyl halides is 1. The lowest BCUT2D eigenvalue weighted by molar-refractivity contribution is 0.490. The zero-order valence-electron chi connectivity index (χ0n) is 10.2. The molecule has 0 N–H and O–H groups in total. The summed E-state index contributed by atoms with van der Waals surface area (Å²) in [6.07, 6.45) is 1.27. The molecule has 0 saturated heterocycles. The normalized spacial score (nSPS) is 18.6. The first-order valence-electron chi connectivity index (χ1n) is 6.31. The van der Waals surface area contributed by atoms with Crippen LogP contribution in [0, 0.1) is 11.6 Å². The van der Waals surface area contributed by atoms with Crippen molar-refractivity contribution >= 4 is 11.6 Å². The van der Waals surface area contributed by atoms with Crippen LogP contribution in [0.15, 0.2) is 42.5 Å². The van der Waals surface area contributed by atoms with Gasteiger partial charge in [0.25, 0.3) is 0 Å². The molecule has 3 rings (SSSR count). The predicted molar refractivity (Wildman–Crippen MR) is 72.6 cm³/mol. The number of hydrogen-bond acceptors (Lipinski definition) is 0. The van der Waals surface area contributed by atoms with Crippen molar-refractivity contribution in [3.8, 4) is 0 Å². The van der Waals surface area contributed by atoms with E-state index < -0.39 is 11.6 Å². The molecule has 0 aliphatic heterocycles. The van der Waals surface area contributed by atoms with E-state index in [-0.39, 0.29) is 11.3 Å². The zero-order chi connectivity index (χ0) is 13.4. The molecule has 1 aliphatic carbocycles. The Morgan fingerprint density at radius 1 is 1.11 bits per heavy atom. The second-order valence-electron chi connectivity index (χ2n) is 4.94. The first kappa shape index (κ1) is 12.6. The quantitative estimate of drug-likeness (QED) is 0.728. The Balaban J connectivity index is 1.77. The smallest absolute Gasteiger partial charge is 0.162 e. The lowest BCUT2D eigenvalue weighted by Gasteiger charge is -2.33. The second kappa shape index (κ2) is 4.93. The Labute approximate surface area is 116 Å². The molecule has 0 saturated carbocycles. The summed E-state index contributed by atoms with van der Waals surface area (Å²) in [5.41, 5.74) is 2.89. The molecule has 1 aliphatic rings. The molecule has 0 aromatic heterocycles. The second-order valence-corrected chi connectivity index (χ2v) is 5.50. The molecule has 2 aromatic rings. The molecule has 0 heterocycles. The van der Waals surface area contributed by atoms with E-state index in [2.05, 4.69) is 12.1 Å². The summed E-state index contributed by atoms with van der Waals surface area (Å²) in [6.45, 7) is 0. The number of halogens is 3. The van der Waals surface area contributed by atoms with Gasteiger partial charge in [-0.2, -0.15) is 0 Å². The average molecular weight is 279 g/mol. The van der Waals surface area contributed by atoms with Crippen LogP contribution in [0.25, 0.3) is 0 Å². The third-order valence-corrected chi connectivity index (χ3v) is 4.24. The van der Waals surface area contributed by atoms with Gasteiger partial charge in [0, 0.05) is 11.3 Å². The van der Waals surface area contributed by atoms with E-state index in [0.717, 1.165) is 12.5 Å². The molecule has 0 nitrogen and oxygen atoms in total. The van der Waals surface area contributed by atoms with Crippen LogP contribution < -0.4 is 0 Å². The van der Waals surface area contributed by atoms with Gasteiger partial charge >= 0.3 is 0 Å². The van der Waals surface area contributed by atoms with E-state index in [4.69, 9.17) is 11.6 Å². The molecule has 0 fully saturated rings. The Kier molecular flexibility index (Phi) is 3.28. The SMILES string of the molecule is Fc1cccc(CC(Cl)C2Cc3ccccc32)c1F. The summed E-state index contributed by atoms with van der Waals surface area (Å²) < 4.78 is 26.8. The van der Waals surface area contributed by atoms with Crippen molar-refractivity contribution in [3.05, 3.63) is 70.8 Å².